The molecule has 18 heavy (non-hydrogen) atoms. The van der Waals surface area contributed by atoms with Crippen LogP contribution in [0.15, 0.2) is 41.2 Å². The van der Waals surface area contributed by atoms with Crippen LogP contribution in [0.2, 0.25) is 0 Å². The molecular formula is C15H13NO2. The molecular weight excluding hydrogens is 226 g/mol. The van der Waals surface area contributed by atoms with Crippen molar-refractivity contribution in [1.82, 2.24) is 4.98 Å². The van der Waals surface area contributed by atoms with Gasteiger partial charge in [-0.25, -0.2) is 0 Å². The van der Waals surface area contributed by atoms with E-state index in [2.05, 4.69) is 4.98 Å². The summed E-state index contributed by atoms with van der Waals surface area (Å²) in [6.45, 7) is 1.98. The second kappa shape index (κ2) is 3.96. The van der Waals surface area contributed by atoms with Crippen LogP contribution in [0, 0.1) is 6.92 Å². The number of aromatic amines is 1. The van der Waals surface area contributed by atoms with Crippen molar-refractivity contribution < 1.29 is 5.11 Å². The Morgan fingerprint density at radius 1 is 1.06 bits per heavy atom. The number of aromatic nitrogens is 1. The van der Waals surface area contributed by atoms with E-state index < -0.39 is 0 Å². The molecule has 2 aromatic carbocycles. The summed E-state index contributed by atoms with van der Waals surface area (Å²) in [5, 5.41) is 11.8. The standard InChI is InChI=1S/C15H13NO2/c1-9-2-4-12-13(6-9)11-5-3-10(8-17)7-14(11)16-15(12)18/h2-7,17H,8H2,1H3,(H,16,18). The van der Waals surface area contributed by atoms with E-state index in [9.17, 15) is 4.79 Å². The highest BCUT2D eigenvalue weighted by Gasteiger charge is 2.05. The zero-order valence-corrected chi connectivity index (χ0v) is 10.0. The molecule has 0 aliphatic heterocycles. The van der Waals surface area contributed by atoms with Gasteiger partial charge in [0.2, 0.25) is 0 Å². The van der Waals surface area contributed by atoms with Crippen LogP contribution in [-0.4, -0.2) is 10.1 Å². The van der Waals surface area contributed by atoms with E-state index in [1.165, 1.54) is 0 Å². The number of rotatable bonds is 1. The molecule has 3 nitrogen and oxygen atoms in total. The van der Waals surface area contributed by atoms with Crippen molar-refractivity contribution in [2.75, 3.05) is 0 Å². The maximum Gasteiger partial charge on any atom is 0.256 e. The summed E-state index contributed by atoms with van der Waals surface area (Å²) in [5.74, 6) is 0. The maximum absolute atomic E-state index is 12.0. The SMILES string of the molecule is Cc1ccc2c(=O)[nH]c3cc(CO)ccc3c2c1. The Balaban J connectivity index is 2.52. The van der Waals surface area contributed by atoms with Gasteiger partial charge in [0.05, 0.1) is 6.61 Å². The Morgan fingerprint density at radius 2 is 1.83 bits per heavy atom. The van der Waals surface area contributed by atoms with Crippen molar-refractivity contribution in [2.45, 2.75) is 13.5 Å². The van der Waals surface area contributed by atoms with E-state index in [1.54, 1.807) is 0 Å². The fraction of sp³-hybridized carbons (Fsp3) is 0.133. The van der Waals surface area contributed by atoms with Crippen LogP contribution in [0.5, 0.6) is 0 Å². The van der Waals surface area contributed by atoms with Crippen molar-refractivity contribution in [1.29, 1.82) is 0 Å². The number of nitrogens with one attached hydrogen (secondary N) is 1. The normalized spacial score (nSPS) is 11.2. The van der Waals surface area contributed by atoms with E-state index in [-0.39, 0.29) is 12.2 Å². The number of aryl methyl sites for hydroxylation is 1. The molecule has 3 rings (SSSR count). The summed E-state index contributed by atoms with van der Waals surface area (Å²) in [5.41, 5.74) is 2.60. The second-order valence-electron chi connectivity index (χ2n) is 4.54. The molecule has 0 spiro atoms. The summed E-state index contributed by atoms with van der Waals surface area (Å²) in [6.07, 6.45) is 0. The molecule has 2 N–H and O–H groups in total. The quantitative estimate of drug-likeness (QED) is 0.641. The van der Waals surface area contributed by atoms with Gasteiger partial charge in [-0.1, -0.05) is 29.8 Å². The number of hydrogen-bond acceptors (Lipinski definition) is 2. The summed E-state index contributed by atoms with van der Waals surface area (Å²) in [6, 6.07) is 11.4. The minimum absolute atomic E-state index is 0.0240. The Morgan fingerprint density at radius 3 is 2.61 bits per heavy atom. The second-order valence-corrected chi connectivity index (χ2v) is 4.54. The number of fused-ring (bicyclic) bond motifs is 3. The topological polar surface area (TPSA) is 53.1 Å². The lowest BCUT2D eigenvalue weighted by Gasteiger charge is -2.06. The minimum Gasteiger partial charge on any atom is -0.392 e. The highest BCUT2D eigenvalue weighted by molar-refractivity contribution is 6.05. The summed E-state index contributed by atoms with van der Waals surface area (Å²) < 4.78 is 0. The van der Waals surface area contributed by atoms with Gasteiger partial charge in [-0.2, -0.15) is 0 Å². The number of aliphatic hydroxyl groups is 1. The largest absolute Gasteiger partial charge is 0.392 e. The number of hydrogen-bond donors (Lipinski definition) is 2. The predicted octanol–water partition coefficient (Wildman–Crippen LogP) is 2.48. The van der Waals surface area contributed by atoms with E-state index in [1.807, 2.05) is 43.3 Å². The van der Waals surface area contributed by atoms with E-state index in [4.69, 9.17) is 5.11 Å². The molecule has 0 aliphatic rings. The van der Waals surface area contributed by atoms with Gasteiger partial charge >= 0.3 is 0 Å². The third-order valence-electron chi connectivity index (χ3n) is 3.22. The number of pyridine rings is 1. The molecule has 0 aliphatic carbocycles. The van der Waals surface area contributed by atoms with Crippen LogP contribution in [-0.2, 0) is 6.61 Å². The maximum atomic E-state index is 12.0. The molecule has 3 aromatic rings. The average Bonchev–Trinajstić information content (AvgIpc) is 2.38. The molecule has 0 atom stereocenters. The third-order valence-corrected chi connectivity index (χ3v) is 3.22. The van der Waals surface area contributed by atoms with Gasteiger partial charge in [0.15, 0.2) is 0 Å². The van der Waals surface area contributed by atoms with Gasteiger partial charge in [0.25, 0.3) is 5.56 Å². The van der Waals surface area contributed by atoms with Crippen LogP contribution < -0.4 is 5.56 Å². The van der Waals surface area contributed by atoms with Gasteiger partial charge in [-0.15, -0.1) is 0 Å². The zero-order chi connectivity index (χ0) is 12.7. The van der Waals surface area contributed by atoms with Crippen molar-refractivity contribution in [3.05, 3.63) is 57.9 Å². The highest BCUT2D eigenvalue weighted by atomic mass is 16.3. The Labute approximate surface area is 104 Å². The molecule has 1 heterocycles. The van der Waals surface area contributed by atoms with Crippen molar-refractivity contribution in [3.8, 4) is 0 Å². The zero-order valence-electron chi connectivity index (χ0n) is 10.0. The van der Waals surface area contributed by atoms with Crippen LogP contribution in [0.3, 0.4) is 0 Å². The summed E-state index contributed by atoms with van der Waals surface area (Å²) in [4.78, 5) is 14.8. The van der Waals surface area contributed by atoms with Gasteiger partial charge in [-0.05, 0) is 30.0 Å². The fourth-order valence-electron chi connectivity index (χ4n) is 2.30. The molecule has 3 heteroatoms. The number of benzene rings is 2. The number of aliphatic hydroxyl groups excluding tert-OH is 1. The van der Waals surface area contributed by atoms with E-state index >= 15 is 0 Å². The van der Waals surface area contributed by atoms with Gasteiger partial charge in [0.1, 0.15) is 0 Å². The Kier molecular flexibility index (Phi) is 2.42. The first-order valence-corrected chi connectivity index (χ1v) is 5.85. The molecule has 0 bridgehead atoms. The predicted molar refractivity (Wildman–Crippen MR) is 72.7 cm³/mol. The lowest BCUT2D eigenvalue weighted by Crippen LogP contribution is -2.06. The molecule has 0 saturated heterocycles. The van der Waals surface area contributed by atoms with Gasteiger partial charge < -0.3 is 10.1 Å². The average molecular weight is 239 g/mol. The van der Waals surface area contributed by atoms with Crippen LogP contribution in [0.1, 0.15) is 11.1 Å². The smallest absolute Gasteiger partial charge is 0.256 e. The molecule has 0 amide bonds. The molecule has 0 saturated carbocycles. The third kappa shape index (κ3) is 1.60. The first-order valence-electron chi connectivity index (χ1n) is 5.85. The summed E-state index contributed by atoms with van der Waals surface area (Å²) in [7, 11) is 0. The van der Waals surface area contributed by atoms with E-state index in [0.29, 0.717) is 5.39 Å². The molecule has 90 valence electrons. The Hall–Kier alpha value is -2.13. The van der Waals surface area contributed by atoms with Crippen molar-refractivity contribution in [3.63, 3.8) is 0 Å². The fourth-order valence-corrected chi connectivity index (χ4v) is 2.30. The number of H-pyrrole nitrogens is 1. The molecule has 0 radical (unpaired) electrons. The molecule has 0 fully saturated rings. The Bertz CT molecular complexity index is 803. The molecule has 0 unspecified atom stereocenters. The van der Waals surface area contributed by atoms with Crippen LogP contribution in [0.25, 0.3) is 21.7 Å². The van der Waals surface area contributed by atoms with Crippen molar-refractivity contribution >= 4 is 21.7 Å². The monoisotopic (exact) mass is 239 g/mol. The summed E-state index contributed by atoms with van der Waals surface area (Å²) >= 11 is 0. The van der Waals surface area contributed by atoms with Crippen LogP contribution >= 0.6 is 0 Å². The first kappa shape index (κ1) is 11.0. The lowest BCUT2D eigenvalue weighted by molar-refractivity contribution is 0.282. The van der Waals surface area contributed by atoms with E-state index in [0.717, 1.165) is 27.4 Å². The lowest BCUT2D eigenvalue weighted by atomic mass is 10.0. The van der Waals surface area contributed by atoms with Crippen molar-refractivity contribution in [2.24, 2.45) is 0 Å². The van der Waals surface area contributed by atoms with Crippen LogP contribution in [0.4, 0.5) is 0 Å². The first-order chi connectivity index (χ1) is 8.69. The van der Waals surface area contributed by atoms with Gasteiger partial charge in [-0.3, -0.25) is 4.79 Å². The minimum atomic E-state index is -0.0902. The highest BCUT2D eigenvalue weighted by Crippen LogP contribution is 2.23. The van der Waals surface area contributed by atoms with Gasteiger partial charge in [0, 0.05) is 16.3 Å². The molecule has 1 aromatic heterocycles.